The summed E-state index contributed by atoms with van der Waals surface area (Å²) in [6.07, 6.45) is 1.79. The molecule has 4 aromatic rings. The van der Waals surface area contributed by atoms with E-state index in [9.17, 15) is 9.59 Å². The van der Waals surface area contributed by atoms with E-state index in [1.54, 1.807) is 16.7 Å². The van der Waals surface area contributed by atoms with Gasteiger partial charge in [-0.2, -0.15) is 0 Å². The smallest absolute Gasteiger partial charge is 0.308 e. The number of thiazole rings is 1. The Morgan fingerprint density at radius 2 is 1.74 bits per heavy atom. The Kier molecular flexibility index (Phi) is 6.07. The van der Waals surface area contributed by atoms with Crippen LogP contribution in [0.15, 0.2) is 77.6 Å². The number of carbonyl (C=O) groups excluding carboxylic acids is 1. The van der Waals surface area contributed by atoms with Gasteiger partial charge < -0.3 is 5.32 Å². The van der Waals surface area contributed by atoms with Gasteiger partial charge in [-0.15, -0.1) is 0 Å². The molecular formula is C25H21ClN2O2S. The van der Waals surface area contributed by atoms with Gasteiger partial charge in [-0.1, -0.05) is 71.5 Å². The van der Waals surface area contributed by atoms with E-state index in [1.807, 2.05) is 80.6 Å². The van der Waals surface area contributed by atoms with E-state index in [4.69, 9.17) is 11.6 Å². The van der Waals surface area contributed by atoms with Gasteiger partial charge in [0.15, 0.2) is 0 Å². The number of anilines is 1. The van der Waals surface area contributed by atoms with Crippen molar-refractivity contribution in [1.82, 2.24) is 4.57 Å². The number of amides is 1. The highest BCUT2D eigenvalue weighted by atomic mass is 35.5. The number of fused-ring (bicyclic) bond motifs is 1. The number of nitrogens with zero attached hydrogens (tertiary/aromatic N) is 1. The number of carbonyl (C=O) groups is 1. The zero-order chi connectivity index (χ0) is 22.0. The fraction of sp³-hybridized carbons (Fsp3) is 0.120. The molecule has 0 aliphatic heterocycles. The number of aromatic nitrogens is 1. The average Bonchev–Trinajstić information content (AvgIpc) is 3.08. The first-order valence-electron chi connectivity index (χ1n) is 9.92. The topological polar surface area (TPSA) is 51.1 Å². The number of hydrogen-bond acceptors (Lipinski definition) is 3. The first kappa shape index (κ1) is 21.1. The fourth-order valence-corrected chi connectivity index (χ4v) is 4.69. The molecule has 0 saturated carbocycles. The second-order valence-electron chi connectivity index (χ2n) is 7.41. The first-order chi connectivity index (χ1) is 14.9. The lowest BCUT2D eigenvalue weighted by molar-refractivity contribution is -0.111. The quantitative estimate of drug-likeness (QED) is 0.280. The highest BCUT2D eigenvalue weighted by molar-refractivity contribution is 7.16. The van der Waals surface area contributed by atoms with E-state index in [0.717, 1.165) is 21.3 Å². The molecule has 3 aromatic carbocycles. The van der Waals surface area contributed by atoms with Crippen LogP contribution in [-0.4, -0.2) is 10.5 Å². The predicted molar refractivity (Wildman–Crippen MR) is 131 cm³/mol. The van der Waals surface area contributed by atoms with Gasteiger partial charge in [0.05, 0.1) is 10.2 Å². The van der Waals surface area contributed by atoms with Gasteiger partial charge in [0.2, 0.25) is 0 Å². The van der Waals surface area contributed by atoms with Crippen molar-refractivity contribution >= 4 is 56.4 Å². The van der Waals surface area contributed by atoms with Crippen molar-refractivity contribution in [2.24, 2.45) is 0 Å². The molecule has 4 nitrogen and oxygen atoms in total. The standard InChI is InChI=1S/C25H21ClN2O2S/c1-16(2)28-22-13-12-19(15-23(22)31-25(28)30)27-24(29)20(17-8-4-3-5-9-17)14-18-10-6-7-11-21(18)26/h3-16H,1-2H3,(H,27,29)/b20-14+. The molecule has 0 bridgehead atoms. The van der Waals surface area contributed by atoms with Crippen molar-refractivity contribution in [3.05, 3.63) is 98.6 Å². The number of hydrogen-bond donors (Lipinski definition) is 1. The van der Waals surface area contributed by atoms with Gasteiger partial charge in [-0.3, -0.25) is 14.2 Å². The van der Waals surface area contributed by atoms with Crippen molar-refractivity contribution < 1.29 is 4.79 Å². The Bertz CT molecular complexity index is 1340. The molecule has 4 rings (SSSR count). The van der Waals surface area contributed by atoms with Crippen LogP contribution in [0.1, 0.15) is 31.0 Å². The third kappa shape index (κ3) is 4.48. The first-order valence-corrected chi connectivity index (χ1v) is 11.1. The Morgan fingerprint density at radius 1 is 1.03 bits per heavy atom. The van der Waals surface area contributed by atoms with Gasteiger partial charge in [-0.25, -0.2) is 0 Å². The number of benzene rings is 3. The summed E-state index contributed by atoms with van der Waals surface area (Å²) in [6.45, 7) is 3.96. The second-order valence-corrected chi connectivity index (χ2v) is 8.81. The largest absolute Gasteiger partial charge is 0.322 e. The van der Waals surface area contributed by atoms with Gasteiger partial charge >= 0.3 is 4.87 Å². The molecule has 1 aromatic heterocycles. The van der Waals surface area contributed by atoms with Crippen LogP contribution < -0.4 is 10.2 Å². The molecule has 31 heavy (non-hydrogen) atoms. The predicted octanol–water partition coefficient (Wildman–Crippen LogP) is 6.48. The normalized spacial score (nSPS) is 11.8. The zero-order valence-corrected chi connectivity index (χ0v) is 18.7. The van der Waals surface area contributed by atoms with Crippen LogP contribution in [0.4, 0.5) is 5.69 Å². The highest BCUT2D eigenvalue weighted by Crippen LogP contribution is 2.27. The number of rotatable bonds is 5. The molecule has 0 radical (unpaired) electrons. The molecule has 0 saturated heterocycles. The number of nitrogens with one attached hydrogen (secondary N) is 1. The van der Waals surface area contributed by atoms with E-state index >= 15 is 0 Å². The van der Waals surface area contributed by atoms with Gasteiger partial charge in [0, 0.05) is 22.3 Å². The van der Waals surface area contributed by atoms with Crippen LogP contribution in [0.5, 0.6) is 0 Å². The molecule has 0 spiro atoms. The van der Waals surface area contributed by atoms with Gasteiger partial charge in [0.1, 0.15) is 0 Å². The second kappa shape index (κ2) is 8.92. The Morgan fingerprint density at radius 3 is 2.45 bits per heavy atom. The van der Waals surface area contributed by atoms with Crippen LogP contribution in [0.3, 0.4) is 0 Å². The molecule has 6 heteroatoms. The third-order valence-electron chi connectivity index (χ3n) is 4.92. The molecule has 1 amide bonds. The van der Waals surface area contributed by atoms with Gasteiger partial charge in [-0.05, 0) is 55.3 Å². The molecule has 0 unspecified atom stereocenters. The molecule has 1 heterocycles. The van der Waals surface area contributed by atoms with Crippen LogP contribution in [-0.2, 0) is 4.79 Å². The summed E-state index contributed by atoms with van der Waals surface area (Å²) < 4.78 is 2.60. The van der Waals surface area contributed by atoms with Crippen molar-refractivity contribution in [3.63, 3.8) is 0 Å². The van der Waals surface area contributed by atoms with E-state index in [0.29, 0.717) is 16.3 Å². The van der Waals surface area contributed by atoms with Crippen LogP contribution >= 0.6 is 22.9 Å². The number of halogens is 1. The van der Waals surface area contributed by atoms with Crippen molar-refractivity contribution in [2.75, 3.05) is 5.32 Å². The van der Waals surface area contributed by atoms with Crippen molar-refractivity contribution in [2.45, 2.75) is 19.9 Å². The molecule has 0 aliphatic rings. The maximum Gasteiger partial charge on any atom is 0.308 e. The molecule has 0 aliphatic carbocycles. The van der Waals surface area contributed by atoms with E-state index in [2.05, 4.69) is 5.32 Å². The SMILES string of the molecule is CC(C)n1c(=O)sc2cc(NC(=O)/C(=C/c3ccccc3Cl)c3ccccc3)ccc21. The minimum absolute atomic E-state index is 0.00272. The van der Waals surface area contributed by atoms with Crippen LogP contribution in [0.25, 0.3) is 21.9 Å². The summed E-state index contributed by atoms with van der Waals surface area (Å²) in [5, 5.41) is 3.55. The summed E-state index contributed by atoms with van der Waals surface area (Å²) in [5.74, 6) is -0.249. The summed E-state index contributed by atoms with van der Waals surface area (Å²) in [4.78, 5) is 25.6. The minimum atomic E-state index is -0.249. The van der Waals surface area contributed by atoms with Crippen molar-refractivity contribution in [1.29, 1.82) is 0 Å². The summed E-state index contributed by atoms with van der Waals surface area (Å²) in [6, 6.07) is 22.5. The van der Waals surface area contributed by atoms with Crippen LogP contribution in [0, 0.1) is 0 Å². The lowest BCUT2D eigenvalue weighted by Gasteiger charge is -2.11. The maximum absolute atomic E-state index is 13.3. The zero-order valence-electron chi connectivity index (χ0n) is 17.1. The monoisotopic (exact) mass is 448 g/mol. The average molecular weight is 449 g/mol. The Labute approximate surface area is 189 Å². The molecule has 0 fully saturated rings. The van der Waals surface area contributed by atoms with E-state index in [-0.39, 0.29) is 16.8 Å². The Hall–Kier alpha value is -3.15. The molecular weight excluding hydrogens is 428 g/mol. The highest BCUT2D eigenvalue weighted by Gasteiger charge is 2.15. The Balaban J connectivity index is 1.71. The van der Waals surface area contributed by atoms with Gasteiger partial charge in [0.25, 0.3) is 5.91 Å². The van der Waals surface area contributed by atoms with E-state index in [1.165, 1.54) is 11.3 Å². The summed E-state index contributed by atoms with van der Waals surface area (Å²) in [7, 11) is 0. The van der Waals surface area contributed by atoms with Crippen molar-refractivity contribution in [3.8, 4) is 0 Å². The summed E-state index contributed by atoms with van der Waals surface area (Å²) in [5.41, 5.74) is 3.56. The van der Waals surface area contributed by atoms with E-state index < -0.39 is 0 Å². The molecule has 156 valence electrons. The minimum Gasteiger partial charge on any atom is -0.322 e. The lowest BCUT2D eigenvalue weighted by atomic mass is 10.0. The maximum atomic E-state index is 13.3. The lowest BCUT2D eigenvalue weighted by Crippen LogP contribution is -2.15. The third-order valence-corrected chi connectivity index (χ3v) is 6.18. The molecule has 0 atom stereocenters. The van der Waals surface area contributed by atoms with Crippen LogP contribution in [0.2, 0.25) is 5.02 Å². The fourth-order valence-electron chi connectivity index (χ4n) is 3.45. The summed E-state index contributed by atoms with van der Waals surface area (Å²) >= 11 is 7.50. The molecule has 1 N–H and O–H groups in total.